The Bertz CT molecular complexity index is 500. The molecule has 1 atom stereocenters. The van der Waals surface area contributed by atoms with Crippen LogP contribution >= 0.6 is 11.3 Å². The fraction of sp³-hybridized carbons (Fsp3) is 0.625. The summed E-state index contributed by atoms with van der Waals surface area (Å²) in [6.07, 6.45) is 4.28. The molecule has 0 bridgehead atoms. The van der Waals surface area contributed by atoms with Crippen LogP contribution in [0.5, 0.6) is 0 Å². The van der Waals surface area contributed by atoms with Crippen molar-refractivity contribution in [1.29, 1.82) is 0 Å². The molecule has 1 heterocycles. The van der Waals surface area contributed by atoms with Crippen molar-refractivity contribution in [2.75, 3.05) is 6.54 Å². The number of hydrogen-bond donors (Lipinski definition) is 2. The van der Waals surface area contributed by atoms with Gasteiger partial charge in [-0.3, -0.25) is 9.59 Å². The van der Waals surface area contributed by atoms with Gasteiger partial charge in [-0.15, -0.1) is 11.3 Å². The molecule has 2 rings (SSSR count). The Kier molecular flexibility index (Phi) is 5.39. The van der Waals surface area contributed by atoms with Crippen LogP contribution in [0.2, 0.25) is 0 Å². The van der Waals surface area contributed by atoms with Gasteiger partial charge < -0.3 is 10.4 Å². The summed E-state index contributed by atoms with van der Waals surface area (Å²) in [6, 6.07) is 2.00. The summed E-state index contributed by atoms with van der Waals surface area (Å²) in [5.74, 6) is -0.436. The van der Waals surface area contributed by atoms with Crippen LogP contribution in [0.25, 0.3) is 0 Å². The SMILES string of the molecule is CC(C)CC(CNC(=O)c1cc2c(s1)CCC2)CC(=O)O. The van der Waals surface area contributed by atoms with E-state index in [1.54, 1.807) is 11.3 Å². The van der Waals surface area contributed by atoms with E-state index in [-0.39, 0.29) is 18.2 Å². The summed E-state index contributed by atoms with van der Waals surface area (Å²) in [6.45, 7) is 4.58. The number of hydrogen-bond acceptors (Lipinski definition) is 3. The van der Waals surface area contributed by atoms with E-state index in [0.29, 0.717) is 12.5 Å². The molecule has 0 aromatic carbocycles. The summed E-state index contributed by atoms with van der Waals surface area (Å²) < 4.78 is 0. The maximum atomic E-state index is 12.2. The van der Waals surface area contributed by atoms with Gasteiger partial charge in [-0.05, 0) is 49.1 Å². The van der Waals surface area contributed by atoms with Gasteiger partial charge in [0.25, 0.3) is 5.91 Å². The van der Waals surface area contributed by atoms with Gasteiger partial charge in [0.05, 0.1) is 4.88 Å². The number of thiophene rings is 1. The fourth-order valence-corrected chi connectivity index (χ4v) is 4.09. The van der Waals surface area contributed by atoms with E-state index >= 15 is 0 Å². The molecule has 0 saturated carbocycles. The van der Waals surface area contributed by atoms with Gasteiger partial charge in [0.15, 0.2) is 0 Å². The lowest BCUT2D eigenvalue weighted by Crippen LogP contribution is -2.30. The van der Waals surface area contributed by atoms with E-state index in [4.69, 9.17) is 5.11 Å². The number of aliphatic carboxylic acids is 1. The Labute approximate surface area is 129 Å². The molecular weight excluding hydrogens is 286 g/mol. The van der Waals surface area contributed by atoms with E-state index < -0.39 is 5.97 Å². The van der Waals surface area contributed by atoms with Crippen molar-refractivity contribution in [3.05, 3.63) is 21.4 Å². The minimum absolute atomic E-state index is 0.00161. The molecule has 0 saturated heterocycles. The lowest BCUT2D eigenvalue weighted by Gasteiger charge is -2.17. The summed E-state index contributed by atoms with van der Waals surface area (Å²) in [5.41, 5.74) is 1.31. The molecule has 5 heteroatoms. The van der Waals surface area contributed by atoms with Crippen molar-refractivity contribution in [1.82, 2.24) is 5.32 Å². The first kappa shape index (κ1) is 16.0. The van der Waals surface area contributed by atoms with Crippen LogP contribution in [-0.4, -0.2) is 23.5 Å². The van der Waals surface area contributed by atoms with E-state index in [2.05, 4.69) is 19.2 Å². The maximum Gasteiger partial charge on any atom is 0.303 e. The lowest BCUT2D eigenvalue weighted by atomic mass is 9.94. The zero-order valence-corrected chi connectivity index (χ0v) is 13.5. The summed E-state index contributed by atoms with van der Waals surface area (Å²) in [7, 11) is 0. The molecule has 1 aromatic heterocycles. The third-order valence-electron chi connectivity index (χ3n) is 3.79. The highest BCUT2D eigenvalue weighted by molar-refractivity contribution is 7.14. The third kappa shape index (κ3) is 4.56. The average molecular weight is 309 g/mol. The standard InChI is InChI=1S/C16H23NO3S/c1-10(2)6-11(7-15(18)19)9-17-16(20)14-8-12-4-3-5-13(12)21-14/h8,10-11H,3-7,9H2,1-2H3,(H,17,20)(H,18,19). The number of carbonyl (C=O) groups excluding carboxylic acids is 1. The number of amides is 1. The number of fused-ring (bicyclic) bond motifs is 1. The Hall–Kier alpha value is -1.36. The van der Waals surface area contributed by atoms with Gasteiger partial charge in [-0.25, -0.2) is 0 Å². The van der Waals surface area contributed by atoms with Crippen LogP contribution in [0.1, 0.15) is 53.2 Å². The highest BCUT2D eigenvalue weighted by Gasteiger charge is 2.20. The Morgan fingerprint density at radius 1 is 1.38 bits per heavy atom. The van der Waals surface area contributed by atoms with Gasteiger partial charge in [-0.1, -0.05) is 13.8 Å². The van der Waals surface area contributed by atoms with Crippen LogP contribution < -0.4 is 5.32 Å². The molecule has 1 aliphatic carbocycles. The Morgan fingerprint density at radius 3 is 2.76 bits per heavy atom. The van der Waals surface area contributed by atoms with E-state index in [1.807, 2.05) is 6.07 Å². The Morgan fingerprint density at radius 2 is 2.14 bits per heavy atom. The molecule has 4 nitrogen and oxygen atoms in total. The van der Waals surface area contributed by atoms with Crippen molar-refractivity contribution in [3.8, 4) is 0 Å². The molecule has 1 amide bonds. The number of carboxylic acid groups (broad SMARTS) is 1. The second kappa shape index (κ2) is 7.07. The number of aryl methyl sites for hydroxylation is 2. The van der Waals surface area contributed by atoms with Gasteiger partial charge in [-0.2, -0.15) is 0 Å². The first-order chi connectivity index (χ1) is 9.95. The van der Waals surface area contributed by atoms with E-state index in [9.17, 15) is 9.59 Å². The smallest absolute Gasteiger partial charge is 0.303 e. The first-order valence-electron chi connectivity index (χ1n) is 7.57. The normalized spacial score (nSPS) is 15.0. The molecule has 116 valence electrons. The van der Waals surface area contributed by atoms with Crippen molar-refractivity contribution in [2.24, 2.45) is 11.8 Å². The number of carboxylic acids is 1. The second-order valence-corrected chi connectivity index (χ2v) is 7.35. The van der Waals surface area contributed by atoms with Gasteiger partial charge in [0, 0.05) is 17.8 Å². The van der Waals surface area contributed by atoms with Crippen LogP contribution in [-0.2, 0) is 17.6 Å². The van der Waals surface area contributed by atoms with Crippen molar-refractivity contribution in [3.63, 3.8) is 0 Å². The van der Waals surface area contributed by atoms with Gasteiger partial charge in [0.1, 0.15) is 0 Å². The minimum atomic E-state index is -0.801. The molecular formula is C16H23NO3S. The first-order valence-corrected chi connectivity index (χ1v) is 8.39. The maximum absolute atomic E-state index is 12.2. The highest BCUT2D eigenvalue weighted by Crippen LogP contribution is 2.30. The van der Waals surface area contributed by atoms with E-state index in [1.165, 1.54) is 16.9 Å². The molecule has 1 aliphatic rings. The van der Waals surface area contributed by atoms with Crippen LogP contribution in [0.15, 0.2) is 6.07 Å². The molecule has 0 spiro atoms. The molecule has 0 radical (unpaired) electrons. The van der Waals surface area contributed by atoms with Gasteiger partial charge in [0.2, 0.25) is 0 Å². The summed E-state index contributed by atoms with van der Waals surface area (Å²) in [5, 5.41) is 11.9. The second-order valence-electron chi connectivity index (χ2n) is 6.22. The van der Waals surface area contributed by atoms with Gasteiger partial charge >= 0.3 is 5.97 Å². The largest absolute Gasteiger partial charge is 0.481 e. The number of rotatable bonds is 7. The zero-order chi connectivity index (χ0) is 15.4. The lowest BCUT2D eigenvalue weighted by molar-refractivity contribution is -0.138. The third-order valence-corrected chi connectivity index (χ3v) is 5.03. The topological polar surface area (TPSA) is 66.4 Å². The monoisotopic (exact) mass is 309 g/mol. The van der Waals surface area contributed by atoms with Crippen molar-refractivity contribution < 1.29 is 14.7 Å². The molecule has 0 fully saturated rings. The van der Waals surface area contributed by atoms with Crippen LogP contribution in [0.4, 0.5) is 0 Å². The van der Waals surface area contributed by atoms with Crippen LogP contribution in [0, 0.1) is 11.8 Å². The van der Waals surface area contributed by atoms with Crippen LogP contribution in [0.3, 0.4) is 0 Å². The predicted molar refractivity (Wildman–Crippen MR) is 83.9 cm³/mol. The molecule has 0 aliphatic heterocycles. The summed E-state index contributed by atoms with van der Waals surface area (Å²) >= 11 is 1.58. The van der Waals surface area contributed by atoms with Crippen molar-refractivity contribution >= 4 is 23.2 Å². The fourth-order valence-electron chi connectivity index (χ4n) is 2.92. The molecule has 21 heavy (non-hydrogen) atoms. The molecule has 2 N–H and O–H groups in total. The zero-order valence-electron chi connectivity index (χ0n) is 12.6. The molecule has 1 unspecified atom stereocenters. The minimum Gasteiger partial charge on any atom is -0.481 e. The predicted octanol–water partition coefficient (Wildman–Crippen LogP) is 3.10. The number of carbonyl (C=O) groups is 2. The van der Waals surface area contributed by atoms with Crippen molar-refractivity contribution in [2.45, 2.75) is 46.0 Å². The number of nitrogens with one attached hydrogen (secondary N) is 1. The Balaban J connectivity index is 1.89. The molecule has 1 aromatic rings. The quantitative estimate of drug-likeness (QED) is 0.813. The average Bonchev–Trinajstić information content (AvgIpc) is 2.94. The summed E-state index contributed by atoms with van der Waals surface area (Å²) in [4.78, 5) is 25.2. The highest BCUT2D eigenvalue weighted by atomic mass is 32.1. The van der Waals surface area contributed by atoms with E-state index in [0.717, 1.165) is 24.1 Å².